The van der Waals surface area contributed by atoms with Crippen LogP contribution in [0.25, 0.3) is 0 Å². The summed E-state index contributed by atoms with van der Waals surface area (Å²) in [7, 11) is 0. The topological polar surface area (TPSA) is 38.1 Å². The van der Waals surface area contributed by atoms with Gasteiger partial charge in [-0.15, -0.1) is 0 Å². The van der Waals surface area contributed by atoms with Gasteiger partial charge in [0.1, 0.15) is 0 Å². The van der Waals surface area contributed by atoms with Gasteiger partial charge in [0.25, 0.3) is 0 Å². The molecule has 4 heteroatoms. The van der Waals surface area contributed by atoms with E-state index in [1.54, 1.807) is 11.8 Å². The molecule has 0 aliphatic rings. The van der Waals surface area contributed by atoms with Crippen LogP contribution < -0.4 is 0 Å². The lowest BCUT2D eigenvalue weighted by molar-refractivity contribution is 0.277. The Balaban J connectivity index is 2.17. The highest BCUT2D eigenvalue weighted by Gasteiger charge is 2.08. The van der Waals surface area contributed by atoms with Gasteiger partial charge in [0.05, 0.1) is 12.3 Å². The van der Waals surface area contributed by atoms with E-state index in [9.17, 15) is 5.11 Å². The summed E-state index contributed by atoms with van der Waals surface area (Å²) in [6.45, 7) is 2.96. The molecule has 0 saturated carbocycles. The van der Waals surface area contributed by atoms with Crippen LogP contribution in [0.2, 0.25) is 0 Å². The van der Waals surface area contributed by atoms with Gasteiger partial charge in [0.2, 0.25) is 0 Å². The number of benzene rings is 1. The molecule has 1 heterocycles. The molecule has 0 unspecified atom stereocenters. The predicted octanol–water partition coefficient (Wildman–Crippen LogP) is 2.93. The Kier molecular flexibility index (Phi) is 4.84. The minimum Gasteiger partial charge on any atom is -0.390 e. The lowest BCUT2D eigenvalue weighted by Gasteiger charge is -2.06. The Morgan fingerprint density at radius 1 is 1.28 bits per heavy atom. The van der Waals surface area contributed by atoms with Crippen LogP contribution in [0.4, 0.5) is 0 Å². The van der Waals surface area contributed by atoms with E-state index in [1.807, 2.05) is 24.4 Å². The first-order valence-electron chi connectivity index (χ1n) is 6.17. The molecule has 0 atom stereocenters. The largest absolute Gasteiger partial charge is 0.390 e. The summed E-state index contributed by atoms with van der Waals surface area (Å²) in [5.41, 5.74) is 1.99. The first-order valence-corrected chi connectivity index (χ1v) is 7.15. The highest BCUT2D eigenvalue weighted by Crippen LogP contribution is 2.20. The summed E-state index contributed by atoms with van der Waals surface area (Å²) >= 11 is 1.74. The number of hydrogen-bond acceptors (Lipinski definition) is 3. The molecule has 0 amide bonds. The van der Waals surface area contributed by atoms with Crippen molar-refractivity contribution in [2.45, 2.75) is 31.7 Å². The van der Waals surface area contributed by atoms with Crippen LogP contribution in [0.15, 0.2) is 41.7 Å². The highest BCUT2D eigenvalue weighted by molar-refractivity contribution is 7.99. The minimum atomic E-state index is 0.00146. The SMILES string of the molecule is CCCSc1nc(CO)cn1Cc1ccccc1. The summed E-state index contributed by atoms with van der Waals surface area (Å²) in [5, 5.41) is 10.2. The second-order valence-corrected chi connectivity index (χ2v) is 5.20. The molecule has 0 bridgehead atoms. The molecular weight excluding hydrogens is 244 g/mol. The van der Waals surface area contributed by atoms with E-state index in [2.05, 4.69) is 28.6 Å². The number of thioether (sulfide) groups is 1. The quantitative estimate of drug-likeness (QED) is 0.813. The number of aliphatic hydroxyl groups excluding tert-OH is 1. The normalized spacial score (nSPS) is 10.8. The third-order valence-electron chi connectivity index (χ3n) is 2.58. The van der Waals surface area contributed by atoms with Crippen molar-refractivity contribution >= 4 is 11.8 Å². The van der Waals surface area contributed by atoms with Crippen molar-refractivity contribution in [1.29, 1.82) is 0 Å². The van der Waals surface area contributed by atoms with Crippen LogP contribution in [0.1, 0.15) is 24.6 Å². The second-order valence-electron chi connectivity index (χ2n) is 4.13. The fourth-order valence-corrected chi connectivity index (χ4v) is 2.58. The van der Waals surface area contributed by atoms with Crippen molar-refractivity contribution in [1.82, 2.24) is 9.55 Å². The number of aliphatic hydroxyl groups is 1. The van der Waals surface area contributed by atoms with E-state index in [-0.39, 0.29) is 6.61 Å². The van der Waals surface area contributed by atoms with Gasteiger partial charge in [-0.25, -0.2) is 4.98 Å². The number of aromatic nitrogens is 2. The van der Waals surface area contributed by atoms with Crippen LogP contribution in [0.5, 0.6) is 0 Å². The Labute approximate surface area is 112 Å². The molecule has 1 N–H and O–H groups in total. The third-order valence-corrected chi connectivity index (χ3v) is 3.78. The average molecular weight is 262 g/mol. The lowest BCUT2D eigenvalue weighted by Crippen LogP contribution is -2.00. The van der Waals surface area contributed by atoms with Gasteiger partial charge in [-0.05, 0) is 12.0 Å². The molecule has 96 valence electrons. The number of rotatable bonds is 6. The van der Waals surface area contributed by atoms with Gasteiger partial charge < -0.3 is 9.67 Å². The number of nitrogens with zero attached hydrogens (tertiary/aromatic N) is 2. The maximum atomic E-state index is 9.18. The molecule has 3 nitrogen and oxygen atoms in total. The molecule has 0 saturated heterocycles. The van der Waals surface area contributed by atoms with Gasteiger partial charge in [-0.2, -0.15) is 0 Å². The Morgan fingerprint density at radius 2 is 2.06 bits per heavy atom. The molecule has 18 heavy (non-hydrogen) atoms. The van der Waals surface area contributed by atoms with Crippen LogP contribution >= 0.6 is 11.8 Å². The summed E-state index contributed by atoms with van der Waals surface area (Å²) in [6.07, 6.45) is 3.06. The van der Waals surface area contributed by atoms with E-state index < -0.39 is 0 Å². The third kappa shape index (κ3) is 3.37. The van der Waals surface area contributed by atoms with Gasteiger partial charge >= 0.3 is 0 Å². The van der Waals surface area contributed by atoms with Gasteiger partial charge in [-0.3, -0.25) is 0 Å². The number of hydrogen-bond donors (Lipinski definition) is 1. The standard InChI is InChI=1S/C14H18N2OS/c1-2-8-18-14-15-13(11-17)10-16(14)9-12-6-4-3-5-7-12/h3-7,10,17H,2,8-9,11H2,1H3. The molecule has 0 aliphatic carbocycles. The molecule has 0 fully saturated rings. The summed E-state index contributed by atoms with van der Waals surface area (Å²) in [5.74, 6) is 1.05. The van der Waals surface area contributed by atoms with E-state index in [1.165, 1.54) is 5.56 Å². The van der Waals surface area contributed by atoms with Crippen molar-refractivity contribution < 1.29 is 5.11 Å². The molecule has 2 rings (SSSR count). The molecule has 0 aliphatic heterocycles. The van der Waals surface area contributed by atoms with Crippen molar-refractivity contribution in [3.05, 3.63) is 47.8 Å². The van der Waals surface area contributed by atoms with Gasteiger partial charge in [-0.1, -0.05) is 49.0 Å². The van der Waals surface area contributed by atoms with Crippen LogP contribution in [0.3, 0.4) is 0 Å². The average Bonchev–Trinajstić information content (AvgIpc) is 2.80. The Morgan fingerprint density at radius 3 is 2.72 bits per heavy atom. The van der Waals surface area contributed by atoms with Crippen molar-refractivity contribution in [2.75, 3.05) is 5.75 Å². The van der Waals surface area contributed by atoms with Crippen LogP contribution in [0, 0.1) is 0 Å². The van der Waals surface area contributed by atoms with Crippen molar-refractivity contribution in [3.63, 3.8) is 0 Å². The first-order chi connectivity index (χ1) is 8.83. The smallest absolute Gasteiger partial charge is 0.168 e. The summed E-state index contributed by atoms with van der Waals surface area (Å²) in [4.78, 5) is 4.44. The Bertz CT molecular complexity index is 482. The molecule has 1 aromatic carbocycles. The number of imidazole rings is 1. The zero-order chi connectivity index (χ0) is 12.8. The van der Waals surface area contributed by atoms with E-state index in [0.29, 0.717) is 0 Å². The molecule has 1 aromatic heterocycles. The minimum absolute atomic E-state index is 0.00146. The predicted molar refractivity (Wildman–Crippen MR) is 74.7 cm³/mol. The van der Waals surface area contributed by atoms with Crippen molar-refractivity contribution in [3.8, 4) is 0 Å². The zero-order valence-electron chi connectivity index (χ0n) is 10.5. The van der Waals surface area contributed by atoms with E-state index >= 15 is 0 Å². The monoisotopic (exact) mass is 262 g/mol. The van der Waals surface area contributed by atoms with E-state index in [0.717, 1.165) is 29.6 Å². The van der Waals surface area contributed by atoms with Crippen LogP contribution in [-0.4, -0.2) is 20.4 Å². The maximum absolute atomic E-state index is 9.18. The molecule has 0 radical (unpaired) electrons. The fourth-order valence-electron chi connectivity index (χ4n) is 1.73. The maximum Gasteiger partial charge on any atom is 0.168 e. The lowest BCUT2D eigenvalue weighted by atomic mass is 10.2. The Hall–Kier alpha value is -1.26. The molecular formula is C14H18N2OS. The van der Waals surface area contributed by atoms with E-state index in [4.69, 9.17) is 0 Å². The van der Waals surface area contributed by atoms with Crippen molar-refractivity contribution in [2.24, 2.45) is 0 Å². The highest BCUT2D eigenvalue weighted by atomic mass is 32.2. The first kappa shape index (κ1) is 13.2. The zero-order valence-corrected chi connectivity index (χ0v) is 11.4. The second kappa shape index (κ2) is 6.61. The summed E-state index contributed by atoms with van der Waals surface area (Å²) in [6, 6.07) is 10.3. The molecule has 0 spiro atoms. The van der Waals surface area contributed by atoms with Gasteiger partial charge in [0.15, 0.2) is 5.16 Å². The summed E-state index contributed by atoms with van der Waals surface area (Å²) < 4.78 is 2.11. The fraction of sp³-hybridized carbons (Fsp3) is 0.357. The van der Waals surface area contributed by atoms with Crippen LogP contribution in [-0.2, 0) is 13.2 Å². The molecule has 2 aromatic rings. The van der Waals surface area contributed by atoms with Gasteiger partial charge in [0, 0.05) is 18.5 Å².